The van der Waals surface area contributed by atoms with Gasteiger partial charge in [-0.05, 0) is 25.5 Å². The number of likely N-dealkylation sites (N-methyl/N-ethyl adjacent to an activating group) is 1. The van der Waals surface area contributed by atoms with Crippen molar-refractivity contribution in [2.75, 3.05) is 18.9 Å². The number of anilines is 1. The van der Waals surface area contributed by atoms with E-state index in [1.54, 1.807) is 30.3 Å². The fraction of sp³-hybridized carbons (Fsp3) is 0.462. The van der Waals surface area contributed by atoms with E-state index in [-0.39, 0.29) is 18.0 Å². The van der Waals surface area contributed by atoms with Gasteiger partial charge in [0.1, 0.15) is 0 Å². The lowest BCUT2D eigenvalue weighted by atomic mass is 10.1. The van der Waals surface area contributed by atoms with Gasteiger partial charge in [-0.1, -0.05) is 0 Å². The van der Waals surface area contributed by atoms with Crippen LogP contribution >= 0.6 is 0 Å². The maximum absolute atomic E-state index is 12.1. The molecule has 2 unspecified atom stereocenters. The maximum atomic E-state index is 12.1. The van der Waals surface area contributed by atoms with Gasteiger partial charge in [0.15, 0.2) is 11.6 Å². The van der Waals surface area contributed by atoms with Crippen LogP contribution in [0.15, 0.2) is 22.8 Å². The van der Waals surface area contributed by atoms with E-state index in [1.807, 2.05) is 0 Å². The fourth-order valence-electron chi connectivity index (χ4n) is 2.37. The van der Waals surface area contributed by atoms with Gasteiger partial charge in [0.05, 0.1) is 6.26 Å². The Bertz CT molecular complexity index is 624. The van der Waals surface area contributed by atoms with E-state index in [2.05, 4.69) is 38.3 Å². The van der Waals surface area contributed by atoms with Gasteiger partial charge in [0, 0.05) is 25.7 Å². The Kier molecular flexibility index (Phi) is 4.07. The number of hydrogen-bond donors (Lipinski definition) is 4. The smallest absolute Gasteiger partial charge is 0.324 e. The number of aromatic nitrogens is 3. The third-order valence-electron chi connectivity index (χ3n) is 3.47. The first kappa shape index (κ1) is 14.5. The molecule has 2 aromatic heterocycles. The molecule has 22 heavy (non-hydrogen) atoms. The number of aromatic amines is 1. The summed E-state index contributed by atoms with van der Waals surface area (Å²) in [6.45, 7) is 2.69. The zero-order chi connectivity index (χ0) is 15.5. The highest BCUT2D eigenvalue weighted by Gasteiger charge is 2.23. The zero-order valence-corrected chi connectivity index (χ0v) is 12.5. The third kappa shape index (κ3) is 3.26. The van der Waals surface area contributed by atoms with Crippen molar-refractivity contribution in [3.8, 4) is 11.6 Å². The predicted octanol–water partition coefficient (Wildman–Crippen LogP) is 0.783. The lowest BCUT2D eigenvalue weighted by Crippen LogP contribution is -2.42. The summed E-state index contributed by atoms with van der Waals surface area (Å²) in [5.74, 6) is 1.25. The number of hydrogen-bond acceptors (Lipinski definition) is 6. The second-order valence-electron chi connectivity index (χ2n) is 5.42. The van der Waals surface area contributed by atoms with Crippen molar-refractivity contribution in [1.29, 1.82) is 0 Å². The van der Waals surface area contributed by atoms with Gasteiger partial charge < -0.3 is 9.32 Å². The van der Waals surface area contributed by atoms with Crippen LogP contribution in [0.5, 0.6) is 0 Å². The Labute approximate surface area is 127 Å². The molecule has 0 aromatic carbocycles. The van der Waals surface area contributed by atoms with Crippen LogP contribution < -0.4 is 16.2 Å². The molecule has 1 aliphatic rings. The van der Waals surface area contributed by atoms with Crippen molar-refractivity contribution in [1.82, 2.24) is 30.9 Å². The van der Waals surface area contributed by atoms with Crippen LogP contribution in [0.2, 0.25) is 0 Å². The number of nitrogens with one attached hydrogen (secondary N) is 4. The topological polar surface area (TPSA) is 111 Å². The Balaban J connectivity index is 1.55. The molecule has 4 N–H and O–H groups in total. The van der Waals surface area contributed by atoms with Gasteiger partial charge >= 0.3 is 6.03 Å². The predicted molar refractivity (Wildman–Crippen MR) is 79.9 cm³/mol. The average Bonchev–Trinajstić information content (AvgIpc) is 3.20. The number of carbonyl (C=O) groups excluding carboxylic acids is 1. The molecular weight excluding hydrogens is 286 g/mol. The zero-order valence-electron chi connectivity index (χ0n) is 12.5. The van der Waals surface area contributed by atoms with Gasteiger partial charge in [-0.15, -0.1) is 5.10 Å². The quantitative estimate of drug-likeness (QED) is 0.664. The molecule has 9 heteroatoms. The molecule has 1 fully saturated rings. The molecule has 9 nitrogen and oxygen atoms in total. The van der Waals surface area contributed by atoms with Crippen LogP contribution in [-0.4, -0.2) is 51.8 Å². The molecule has 3 rings (SSSR count). The molecule has 1 aliphatic heterocycles. The standard InChI is InChI=1S/C13H19N7O2/c1-8-6-9(17-16-8)7-20(2)13(21)15-12-14-11(18-19-12)10-4-3-5-22-10/h3-5,8-9,16-17H,6-7H2,1-2H3,(H2,14,15,18,19,21). The molecule has 118 valence electrons. The van der Waals surface area contributed by atoms with Crippen LogP contribution in [0.4, 0.5) is 10.7 Å². The normalized spacial score (nSPS) is 21.0. The SMILES string of the molecule is CC1CC(CN(C)C(=O)Nc2n[nH]c(-c3ccco3)n2)NN1. The van der Waals surface area contributed by atoms with Gasteiger partial charge in [-0.2, -0.15) is 4.98 Å². The van der Waals surface area contributed by atoms with Crippen LogP contribution in [0, 0.1) is 0 Å². The number of urea groups is 1. The summed E-state index contributed by atoms with van der Waals surface area (Å²) in [4.78, 5) is 17.9. The number of furan rings is 1. The number of amides is 2. The second-order valence-corrected chi connectivity index (χ2v) is 5.42. The highest BCUT2D eigenvalue weighted by Crippen LogP contribution is 2.16. The Morgan fingerprint density at radius 1 is 1.55 bits per heavy atom. The summed E-state index contributed by atoms with van der Waals surface area (Å²) in [7, 11) is 1.74. The van der Waals surface area contributed by atoms with Gasteiger partial charge in [-0.25, -0.2) is 4.79 Å². The fourth-order valence-corrected chi connectivity index (χ4v) is 2.37. The van der Waals surface area contributed by atoms with Crippen LogP contribution in [0.1, 0.15) is 13.3 Å². The van der Waals surface area contributed by atoms with Crippen molar-refractivity contribution in [3.05, 3.63) is 18.4 Å². The first-order valence-corrected chi connectivity index (χ1v) is 7.11. The maximum Gasteiger partial charge on any atom is 0.324 e. The van der Waals surface area contributed by atoms with E-state index in [4.69, 9.17) is 4.42 Å². The van der Waals surface area contributed by atoms with Crippen molar-refractivity contribution in [3.63, 3.8) is 0 Å². The first-order valence-electron chi connectivity index (χ1n) is 7.11. The highest BCUT2D eigenvalue weighted by molar-refractivity contribution is 5.87. The Morgan fingerprint density at radius 2 is 2.41 bits per heavy atom. The second kappa shape index (κ2) is 6.16. The van der Waals surface area contributed by atoms with Gasteiger partial charge in [-0.3, -0.25) is 21.3 Å². The minimum Gasteiger partial charge on any atom is -0.461 e. The van der Waals surface area contributed by atoms with Crippen LogP contribution in [0.25, 0.3) is 11.6 Å². The summed E-state index contributed by atoms with van der Waals surface area (Å²) < 4.78 is 5.21. The molecule has 3 heterocycles. The number of nitrogens with zero attached hydrogens (tertiary/aromatic N) is 3. The third-order valence-corrected chi connectivity index (χ3v) is 3.47. The van der Waals surface area contributed by atoms with E-state index in [0.29, 0.717) is 24.2 Å². The van der Waals surface area contributed by atoms with E-state index >= 15 is 0 Å². The van der Waals surface area contributed by atoms with E-state index in [1.165, 1.54) is 0 Å². The van der Waals surface area contributed by atoms with E-state index in [0.717, 1.165) is 6.42 Å². The van der Waals surface area contributed by atoms with Gasteiger partial charge in [0.2, 0.25) is 0 Å². The molecule has 1 saturated heterocycles. The summed E-state index contributed by atoms with van der Waals surface area (Å²) in [6.07, 6.45) is 2.52. The monoisotopic (exact) mass is 305 g/mol. The summed E-state index contributed by atoms with van der Waals surface area (Å²) in [5.41, 5.74) is 6.29. The largest absolute Gasteiger partial charge is 0.461 e. The van der Waals surface area contributed by atoms with Crippen molar-refractivity contribution in [2.24, 2.45) is 0 Å². The van der Waals surface area contributed by atoms with E-state index < -0.39 is 0 Å². The molecule has 2 amide bonds. The minimum absolute atomic E-state index is 0.217. The Morgan fingerprint density at radius 3 is 3.09 bits per heavy atom. The first-order chi connectivity index (χ1) is 10.6. The molecule has 2 atom stereocenters. The molecule has 0 aliphatic carbocycles. The van der Waals surface area contributed by atoms with Crippen LogP contribution in [0.3, 0.4) is 0 Å². The molecule has 0 spiro atoms. The van der Waals surface area contributed by atoms with Crippen molar-refractivity contribution >= 4 is 12.0 Å². The molecular formula is C13H19N7O2. The lowest BCUT2D eigenvalue weighted by Gasteiger charge is -2.20. The summed E-state index contributed by atoms with van der Waals surface area (Å²) in [6, 6.07) is 3.90. The molecule has 0 radical (unpaired) electrons. The lowest BCUT2D eigenvalue weighted by molar-refractivity contribution is 0.217. The van der Waals surface area contributed by atoms with Crippen molar-refractivity contribution in [2.45, 2.75) is 25.4 Å². The number of rotatable bonds is 4. The number of carbonyl (C=O) groups is 1. The number of H-pyrrole nitrogens is 1. The van der Waals surface area contributed by atoms with Crippen LogP contribution in [-0.2, 0) is 0 Å². The molecule has 0 bridgehead atoms. The molecule has 0 saturated carbocycles. The van der Waals surface area contributed by atoms with E-state index in [9.17, 15) is 4.79 Å². The summed E-state index contributed by atoms with van der Waals surface area (Å²) in [5, 5.41) is 9.33. The van der Waals surface area contributed by atoms with Gasteiger partial charge in [0.25, 0.3) is 5.95 Å². The average molecular weight is 305 g/mol. The Hall–Kier alpha value is -2.39. The van der Waals surface area contributed by atoms with Crippen molar-refractivity contribution < 1.29 is 9.21 Å². The number of hydrazine groups is 1. The highest BCUT2D eigenvalue weighted by atomic mass is 16.3. The molecule has 2 aromatic rings. The summed E-state index contributed by atoms with van der Waals surface area (Å²) >= 11 is 0. The minimum atomic E-state index is -0.258.